The average Bonchev–Trinajstić information content (AvgIpc) is 3.08. The molecule has 0 aliphatic rings. The number of amides is 2. The second-order valence-electron chi connectivity index (χ2n) is 6.01. The van der Waals surface area contributed by atoms with E-state index >= 15 is 0 Å². The van der Waals surface area contributed by atoms with E-state index < -0.39 is 11.7 Å². The van der Waals surface area contributed by atoms with Gasteiger partial charge in [0.1, 0.15) is 5.82 Å². The SMILES string of the molecule is O=C(CCCc1nc2ccccc2s1)NCCNC(=O)c1ccccc1F. The molecule has 140 valence electrons. The molecule has 0 aliphatic carbocycles. The van der Waals surface area contributed by atoms with Gasteiger partial charge in [0.15, 0.2) is 0 Å². The normalized spacial score (nSPS) is 10.7. The van der Waals surface area contributed by atoms with Crippen molar-refractivity contribution in [3.05, 3.63) is 64.9 Å². The molecule has 0 aliphatic heterocycles. The summed E-state index contributed by atoms with van der Waals surface area (Å²) in [5.74, 6) is -1.12. The van der Waals surface area contributed by atoms with Gasteiger partial charge >= 0.3 is 0 Å². The van der Waals surface area contributed by atoms with Gasteiger partial charge in [0.05, 0.1) is 20.8 Å². The first-order chi connectivity index (χ1) is 13.1. The summed E-state index contributed by atoms with van der Waals surface area (Å²) in [6.07, 6.45) is 1.88. The maximum absolute atomic E-state index is 13.5. The number of carbonyl (C=O) groups excluding carboxylic acids is 2. The number of halogens is 1. The Hall–Kier alpha value is -2.80. The monoisotopic (exact) mass is 385 g/mol. The molecule has 1 heterocycles. The van der Waals surface area contributed by atoms with Crippen LogP contribution < -0.4 is 10.6 Å². The Morgan fingerprint density at radius 3 is 2.56 bits per heavy atom. The average molecular weight is 385 g/mol. The summed E-state index contributed by atoms with van der Waals surface area (Å²) < 4.78 is 14.6. The van der Waals surface area contributed by atoms with Crippen molar-refractivity contribution >= 4 is 33.4 Å². The van der Waals surface area contributed by atoms with Gasteiger partial charge in [-0.3, -0.25) is 9.59 Å². The number of aryl methyl sites for hydroxylation is 1. The number of benzene rings is 2. The molecule has 3 rings (SSSR count). The zero-order chi connectivity index (χ0) is 19.1. The predicted molar refractivity (Wildman–Crippen MR) is 104 cm³/mol. The van der Waals surface area contributed by atoms with E-state index in [1.54, 1.807) is 17.4 Å². The van der Waals surface area contributed by atoms with Crippen molar-refractivity contribution in [2.45, 2.75) is 19.3 Å². The van der Waals surface area contributed by atoms with Crippen LogP contribution in [0, 0.1) is 5.82 Å². The fraction of sp³-hybridized carbons (Fsp3) is 0.250. The van der Waals surface area contributed by atoms with Crippen LogP contribution in [-0.2, 0) is 11.2 Å². The van der Waals surface area contributed by atoms with Crippen molar-refractivity contribution in [1.82, 2.24) is 15.6 Å². The van der Waals surface area contributed by atoms with Crippen LogP contribution in [0.4, 0.5) is 4.39 Å². The van der Waals surface area contributed by atoms with E-state index in [0.717, 1.165) is 21.6 Å². The molecule has 2 N–H and O–H groups in total. The molecule has 0 saturated heterocycles. The van der Waals surface area contributed by atoms with Crippen LogP contribution in [0.3, 0.4) is 0 Å². The molecule has 0 unspecified atom stereocenters. The number of para-hydroxylation sites is 1. The number of hydrogen-bond acceptors (Lipinski definition) is 4. The van der Waals surface area contributed by atoms with Crippen molar-refractivity contribution in [2.24, 2.45) is 0 Å². The number of aromatic nitrogens is 1. The highest BCUT2D eigenvalue weighted by Gasteiger charge is 2.10. The van der Waals surface area contributed by atoms with Crippen molar-refractivity contribution in [2.75, 3.05) is 13.1 Å². The third-order valence-corrected chi connectivity index (χ3v) is 5.08. The van der Waals surface area contributed by atoms with E-state index in [1.165, 1.54) is 18.2 Å². The van der Waals surface area contributed by atoms with Crippen LogP contribution in [0.1, 0.15) is 28.2 Å². The lowest BCUT2D eigenvalue weighted by molar-refractivity contribution is -0.121. The number of nitrogens with zero attached hydrogens (tertiary/aromatic N) is 1. The highest BCUT2D eigenvalue weighted by Crippen LogP contribution is 2.22. The number of fused-ring (bicyclic) bond motifs is 1. The summed E-state index contributed by atoms with van der Waals surface area (Å²) >= 11 is 1.65. The molecule has 0 spiro atoms. The minimum Gasteiger partial charge on any atom is -0.354 e. The van der Waals surface area contributed by atoms with Gasteiger partial charge in [0.25, 0.3) is 5.91 Å². The van der Waals surface area contributed by atoms with Gasteiger partial charge < -0.3 is 10.6 Å². The van der Waals surface area contributed by atoms with E-state index in [9.17, 15) is 14.0 Å². The third-order valence-electron chi connectivity index (χ3n) is 3.98. The van der Waals surface area contributed by atoms with Gasteiger partial charge in [-0.2, -0.15) is 0 Å². The fourth-order valence-electron chi connectivity index (χ4n) is 2.63. The predicted octanol–water partition coefficient (Wildman–Crippen LogP) is 3.30. The number of thiazole rings is 1. The largest absolute Gasteiger partial charge is 0.354 e. The Morgan fingerprint density at radius 2 is 1.74 bits per heavy atom. The Bertz CT molecular complexity index is 909. The van der Waals surface area contributed by atoms with Gasteiger partial charge in [-0.15, -0.1) is 11.3 Å². The standard InChI is InChI=1S/C20H20FN3O2S/c21-15-7-2-1-6-14(15)20(26)23-13-12-22-18(25)10-5-11-19-24-16-8-3-4-9-17(16)27-19/h1-4,6-9H,5,10-13H2,(H,22,25)(H,23,26). The lowest BCUT2D eigenvalue weighted by Crippen LogP contribution is -2.34. The first kappa shape index (κ1) is 19.0. The third kappa shape index (κ3) is 5.34. The highest BCUT2D eigenvalue weighted by molar-refractivity contribution is 7.18. The van der Waals surface area contributed by atoms with Gasteiger partial charge in [-0.05, 0) is 37.1 Å². The summed E-state index contributed by atoms with van der Waals surface area (Å²) in [5, 5.41) is 6.37. The van der Waals surface area contributed by atoms with Crippen molar-refractivity contribution in [3.8, 4) is 0 Å². The van der Waals surface area contributed by atoms with E-state index in [1.807, 2.05) is 24.3 Å². The van der Waals surface area contributed by atoms with Crippen molar-refractivity contribution in [3.63, 3.8) is 0 Å². The van der Waals surface area contributed by atoms with Crippen LogP contribution in [0.2, 0.25) is 0 Å². The Balaban J connectivity index is 1.33. The molecule has 0 saturated carbocycles. The van der Waals surface area contributed by atoms with E-state index in [2.05, 4.69) is 15.6 Å². The number of rotatable bonds is 8. The minimum atomic E-state index is -0.561. The van der Waals surface area contributed by atoms with Gasteiger partial charge in [-0.1, -0.05) is 24.3 Å². The van der Waals surface area contributed by atoms with Gasteiger partial charge in [0, 0.05) is 19.5 Å². The Labute approximate surface area is 160 Å². The summed E-state index contributed by atoms with van der Waals surface area (Å²) in [4.78, 5) is 28.3. The highest BCUT2D eigenvalue weighted by atomic mass is 32.1. The molecule has 7 heteroatoms. The maximum atomic E-state index is 13.5. The zero-order valence-corrected chi connectivity index (χ0v) is 15.5. The summed E-state index contributed by atoms with van der Waals surface area (Å²) in [7, 11) is 0. The number of carbonyl (C=O) groups is 2. The van der Waals surface area contributed by atoms with Gasteiger partial charge in [-0.25, -0.2) is 9.37 Å². The summed E-state index contributed by atoms with van der Waals surface area (Å²) in [6.45, 7) is 0.553. The molecule has 0 radical (unpaired) electrons. The fourth-order valence-corrected chi connectivity index (χ4v) is 3.64. The lowest BCUT2D eigenvalue weighted by atomic mass is 10.2. The molecule has 3 aromatic rings. The number of nitrogens with one attached hydrogen (secondary N) is 2. The molecule has 1 aromatic heterocycles. The van der Waals surface area contributed by atoms with Crippen LogP contribution in [0.15, 0.2) is 48.5 Å². The van der Waals surface area contributed by atoms with Crippen LogP contribution >= 0.6 is 11.3 Å². The van der Waals surface area contributed by atoms with Crippen LogP contribution in [-0.4, -0.2) is 29.9 Å². The van der Waals surface area contributed by atoms with E-state index in [-0.39, 0.29) is 18.0 Å². The Kier molecular flexibility index (Phi) is 6.49. The molecule has 0 atom stereocenters. The molecule has 27 heavy (non-hydrogen) atoms. The molecule has 2 aromatic carbocycles. The minimum absolute atomic E-state index is 0.000314. The molecular formula is C20H20FN3O2S. The zero-order valence-electron chi connectivity index (χ0n) is 14.7. The second-order valence-corrected chi connectivity index (χ2v) is 7.13. The van der Waals surface area contributed by atoms with Crippen LogP contribution in [0.25, 0.3) is 10.2 Å². The lowest BCUT2D eigenvalue weighted by Gasteiger charge is -2.07. The van der Waals surface area contributed by atoms with E-state index in [4.69, 9.17) is 0 Å². The quantitative estimate of drug-likeness (QED) is 0.585. The first-order valence-electron chi connectivity index (χ1n) is 8.77. The summed E-state index contributed by atoms with van der Waals surface area (Å²) in [5.41, 5.74) is 0.993. The molecule has 0 bridgehead atoms. The molecule has 0 fully saturated rings. The topological polar surface area (TPSA) is 71.1 Å². The molecule has 2 amide bonds. The molecular weight excluding hydrogens is 365 g/mol. The smallest absolute Gasteiger partial charge is 0.254 e. The summed E-state index contributed by atoms with van der Waals surface area (Å²) in [6, 6.07) is 13.8. The van der Waals surface area contributed by atoms with Crippen LogP contribution in [0.5, 0.6) is 0 Å². The first-order valence-corrected chi connectivity index (χ1v) is 9.59. The molecule has 5 nitrogen and oxygen atoms in total. The number of hydrogen-bond donors (Lipinski definition) is 2. The van der Waals surface area contributed by atoms with Crippen molar-refractivity contribution in [1.29, 1.82) is 0 Å². The second kappa shape index (κ2) is 9.23. The van der Waals surface area contributed by atoms with E-state index in [0.29, 0.717) is 19.4 Å². The maximum Gasteiger partial charge on any atom is 0.254 e. The van der Waals surface area contributed by atoms with Gasteiger partial charge in [0.2, 0.25) is 5.91 Å². The Morgan fingerprint density at radius 1 is 1.00 bits per heavy atom. The van der Waals surface area contributed by atoms with Crippen molar-refractivity contribution < 1.29 is 14.0 Å².